The Morgan fingerprint density at radius 3 is 2.72 bits per heavy atom. The molecular weight excluding hydrogens is 274 g/mol. The molecule has 1 aromatic heterocycles. The van der Waals surface area contributed by atoms with Gasteiger partial charge in [-0.15, -0.1) is 0 Å². The van der Waals surface area contributed by atoms with Gasteiger partial charge >= 0.3 is 0 Å². The van der Waals surface area contributed by atoms with Crippen molar-refractivity contribution in [3.8, 4) is 0 Å². The maximum absolute atomic E-state index is 11.5. The molecular formula is C12H14ClNO3S. The highest BCUT2D eigenvalue weighted by atomic mass is 35.7. The number of para-hydroxylation sites is 1. The number of benzene rings is 1. The molecule has 4 nitrogen and oxygen atoms in total. The Morgan fingerprint density at radius 1 is 1.33 bits per heavy atom. The molecule has 0 aliphatic rings. The Balaban J connectivity index is 2.48. The van der Waals surface area contributed by atoms with Crippen molar-refractivity contribution >= 4 is 30.6 Å². The first-order chi connectivity index (χ1) is 8.54. The Bertz CT molecular complexity index is 648. The molecule has 2 aromatic rings. The van der Waals surface area contributed by atoms with E-state index in [0.717, 1.165) is 5.52 Å². The SMILES string of the molecule is CCOCCn1cc(S(=O)(=O)Cl)c2ccccc21. The number of aromatic nitrogens is 1. The Morgan fingerprint density at radius 2 is 2.06 bits per heavy atom. The summed E-state index contributed by atoms with van der Waals surface area (Å²) in [7, 11) is 1.71. The Hall–Kier alpha value is -1.04. The summed E-state index contributed by atoms with van der Waals surface area (Å²) in [5, 5.41) is 0.643. The van der Waals surface area contributed by atoms with E-state index in [0.29, 0.717) is 25.1 Å². The molecule has 0 radical (unpaired) electrons. The van der Waals surface area contributed by atoms with E-state index >= 15 is 0 Å². The predicted octanol–water partition coefficient (Wildman–Crippen LogP) is 2.61. The number of nitrogens with zero attached hydrogens (tertiary/aromatic N) is 1. The zero-order chi connectivity index (χ0) is 13.2. The van der Waals surface area contributed by atoms with Gasteiger partial charge in [0.05, 0.1) is 6.61 Å². The minimum atomic E-state index is -3.73. The highest BCUT2D eigenvalue weighted by molar-refractivity contribution is 8.14. The highest BCUT2D eigenvalue weighted by Gasteiger charge is 2.18. The van der Waals surface area contributed by atoms with Crippen LogP contribution >= 0.6 is 10.7 Å². The lowest BCUT2D eigenvalue weighted by Crippen LogP contribution is -2.04. The first-order valence-corrected chi connectivity index (χ1v) is 7.95. The van der Waals surface area contributed by atoms with E-state index in [-0.39, 0.29) is 4.90 Å². The van der Waals surface area contributed by atoms with Gasteiger partial charge in [0, 0.05) is 40.9 Å². The fourth-order valence-electron chi connectivity index (χ4n) is 1.90. The van der Waals surface area contributed by atoms with Gasteiger partial charge in [0.25, 0.3) is 9.05 Å². The van der Waals surface area contributed by atoms with Crippen LogP contribution in [0.1, 0.15) is 6.92 Å². The van der Waals surface area contributed by atoms with Gasteiger partial charge in [-0.2, -0.15) is 0 Å². The minimum Gasteiger partial charge on any atom is -0.380 e. The lowest BCUT2D eigenvalue weighted by Gasteiger charge is -2.04. The maximum atomic E-state index is 11.5. The van der Waals surface area contributed by atoms with Crippen LogP contribution in [0.2, 0.25) is 0 Å². The zero-order valence-electron chi connectivity index (χ0n) is 9.97. The van der Waals surface area contributed by atoms with Crippen molar-refractivity contribution < 1.29 is 13.2 Å². The van der Waals surface area contributed by atoms with Crippen LogP contribution in [0.3, 0.4) is 0 Å². The number of rotatable bonds is 5. The first-order valence-electron chi connectivity index (χ1n) is 5.64. The van der Waals surface area contributed by atoms with Crippen molar-refractivity contribution in [2.45, 2.75) is 18.4 Å². The third-order valence-corrected chi connectivity index (χ3v) is 4.04. The number of fused-ring (bicyclic) bond motifs is 1. The van der Waals surface area contributed by atoms with Gasteiger partial charge in [0.1, 0.15) is 4.90 Å². The molecule has 0 spiro atoms. The predicted molar refractivity (Wildman–Crippen MR) is 71.5 cm³/mol. The average Bonchev–Trinajstić information content (AvgIpc) is 2.69. The molecule has 0 aliphatic carbocycles. The summed E-state index contributed by atoms with van der Waals surface area (Å²) < 4.78 is 30.1. The molecule has 98 valence electrons. The second-order valence-corrected chi connectivity index (χ2v) is 6.37. The molecule has 0 saturated heterocycles. The monoisotopic (exact) mass is 287 g/mol. The van der Waals surface area contributed by atoms with Gasteiger partial charge in [-0.1, -0.05) is 18.2 Å². The van der Waals surface area contributed by atoms with Crippen LogP contribution in [-0.4, -0.2) is 26.2 Å². The van der Waals surface area contributed by atoms with Crippen molar-refractivity contribution in [1.82, 2.24) is 4.57 Å². The second-order valence-electron chi connectivity index (χ2n) is 3.84. The van der Waals surface area contributed by atoms with Crippen LogP contribution in [0, 0.1) is 0 Å². The van der Waals surface area contributed by atoms with E-state index in [2.05, 4.69) is 0 Å². The third kappa shape index (κ3) is 2.68. The van der Waals surface area contributed by atoms with Crippen molar-refractivity contribution in [1.29, 1.82) is 0 Å². The van der Waals surface area contributed by atoms with Crippen LogP contribution in [-0.2, 0) is 20.3 Å². The summed E-state index contributed by atoms with van der Waals surface area (Å²) in [5.41, 5.74) is 0.844. The van der Waals surface area contributed by atoms with Gasteiger partial charge in [0.2, 0.25) is 0 Å². The summed E-state index contributed by atoms with van der Waals surface area (Å²) in [6.07, 6.45) is 1.56. The molecule has 1 aromatic carbocycles. The number of halogens is 1. The van der Waals surface area contributed by atoms with Crippen molar-refractivity contribution in [2.75, 3.05) is 13.2 Å². The van der Waals surface area contributed by atoms with Gasteiger partial charge < -0.3 is 9.30 Å². The molecule has 0 atom stereocenters. The average molecular weight is 288 g/mol. The maximum Gasteiger partial charge on any atom is 0.263 e. The fraction of sp³-hybridized carbons (Fsp3) is 0.333. The molecule has 1 heterocycles. The summed E-state index contributed by atoms with van der Waals surface area (Å²) in [6.45, 7) is 3.69. The van der Waals surface area contributed by atoms with Crippen LogP contribution in [0.5, 0.6) is 0 Å². The topological polar surface area (TPSA) is 48.3 Å². The van der Waals surface area contributed by atoms with Crippen LogP contribution in [0.15, 0.2) is 35.4 Å². The lowest BCUT2D eigenvalue weighted by molar-refractivity contribution is 0.140. The van der Waals surface area contributed by atoms with Gasteiger partial charge in [-0.3, -0.25) is 0 Å². The van der Waals surface area contributed by atoms with E-state index in [9.17, 15) is 8.42 Å². The highest BCUT2D eigenvalue weighted by Crippen LogP contribution is 2.27. The molecule has 0 fully saturated rings. The summed E-state index contributed by atoms with van der Waals surface area (Å²) >= 11 is 0. The second kappa shape index (κ2) is 5.30. The Labute approximate surface area is 111 Å². The van der Waals surface area contributed by atoms with E-state index in [1.54, 1.807) is 18.3 Å². The van der Waals surface area contributed by atoms with Crippen molar-refractivity contribution in [3.63, 3.8) is 0 Å². The quantitative estimate of drug-likeness (QED) is 0.627. The summed E-state index contributed by atoms with van der Waals surface area (Å²) in [6, 6.07) is 7.28. The standard InChI is InChI=1S/C12H14ClNO3S/c1-2-17-8-7-14-9-12(18(13,15)16)10-5-3-4-6-11(10)14/h3-6,9H,2,7-8H2,1H3. The van der Waals surface area contributed by atoms with E-state index < -0.39 is 9.05 Å². The van der Waals surface area contributed by atoms with Crippen molar-refractivity contribution in [3.05, 3.63) is 30.5 Å². The normalized spacial score (nSPS) is 12.1. The molecule has 0 unspecified atom stereocenters. The fourth-order valence-corrected chi connectivity index (χ4v) is 2.96. The van der Waals surface area contributed by atoms with Crippen LogP contribution in [0.4, 0.5) is 0 Å². The first kappa shape index (κ1) is 13.4. The minimum absolute atomic E-state index is 0.149. The van der Waals surface area contributed by atoms with Gasteiger partial charge in [-0.25, -0.2) is 8.42 Å². The van der Waals surface area contributed by atoms with Crippen LogP contribution < -0.4 is 0 Å². The summed E-state index contributed by atoms with van der Waals surface area (Å²) in [4.78, 5) is 0.149. The van der Waals surface area contributed by atoms with E-state index in [4.69, 9.17) is 15.4 Å². The molecule has 0 saturated carbocycles. The Kier molecular flexibility index (Phi) is 3.94. The molecule has 0 bridgehead atoms. The van der Waals surface area contributed by atoms with Crippen molar-refractivity contribution in [2.24, 2.45) is 0 Å². The molecule has 6 heteroatoms. The van der Waals surface area contributed by atoms with Gasteiger partial charge in [-0.05, 0) is 13.0 Å². The third-order valence-electron chi connectivity index (χ3n) is 2.70. The van der Waals surface area contributed by atoms with E-state index in [1.165, 1.54) is 0 Å². The lowest BCUT2D eigenvalue weighted by atomic mass is 10.2. The molecule has 0 N–H and O–H groups in total. The van der Waals surface area contributed by atoms with E-state index in [1.807, 2.05) is 23.6 Å². The number of ether oxygens (including phenoxy) is 1. The molecule has 0 aliphatic heterocycles. The summed E-state index contributed by atoms with van der Waals surface area (Å²) in [5.74, 6) is 0. The molecule has 0 amide bonds. The zero-order valence-corrected chi connectivity index (χ0v) is 11.5. The largest absolute Gasteiger partial charge is 0.380 e. The number of hydrogen-bond donors (Lipinski definition) is 0. The smallest absolute Gasteiger partial charge is 0.263 e. The molecule has 18 heavy (non-hydrogen) atoms. The van der Waals surface area contributed by atoms with Crippen LogP contribution in [0.25, 0.3) is 10.9 Å². The number of hydrogen-bond acceptors (Lipinski definition) is 3. The van der Waals surface area contributed by atoms with Gasteiger partial charge in [0.15, 0.2) is 0 Å². The molecule has 2 rings (SSSR count).